The Balaban J connectivity index is 1.42. The molecule has 1 fully saturated rings. The van der Waals surface area contributed by atoms with Gasteiger partial charge in [-0.15, -0.1) is 0 Å². The third-order valence-corrected chi connectivity index (χ3v) is 7.72. The Morgan fingerprint density at radius 2 is 1.94 bits per heavy atom. The number of nitrogens with zero attached hydrogens (tertiary/aromatic N) is 5. The number of benzene rings is 1. The van der Waals surface area contributed by atoms with Crippen LogP contribution in [-0.2, 0) is 21.4 Å². The average Bonchev–Trinajstić information content (AvgIpc) is 3.26. The molecule has 0 aliphatic carbocycles. The van der Waals surface area contributed by atoms with Crippen LogP contribution in [0.15, 0.2) is 32.1 Å². The van der Waals surface area contributed by atoms with E-state index < -0.39 is 10.0 Å². The number of halogens is 1. The first-order chi connectivity index (χ1) is 16.1. The van der Waals surface area contributed by atoms with Gasteiger partial charge in [0.05, 0.1) is 27.8 Å². The zero-order chi connectivity index (χ0) is 24.5. The number of aromatic nitrogens is 3. The largest absolute Gasteiger partial charge is 0.361 e. The van der Waals surface area contributed by atoms with Crippen molar-refractivity contribution in [2.75, 3.05) is 31.5 Å². The fourth-order valence-corrected chi connectivity index (χ4v) is 5.64. The Kier molecular flexibility index (Phi) is 7.03. The minimum Gasteiger partial charge on any atom is -0.361 e. The van der Waals surface area contributed by atoms with Gasteiger partial charge in [0, 0.05) is 26.6 Å². The Labute approximate surface area is 202 Å². The molecule has 0 atom stereocenters. The molecule has 3 aromatic rings. The number of carbonyl (C=O) groups excluding carboxylic acids is 1. The molecule has 0 spiro atoms. The zero-order valence-electron chi connectivity index (χ0n) is 19.0. The molecule has 34 heavy (non-hydrogen) atoms. The summed E-state index contributed by atoms with van der Waals surface area (Å²) in [6, 6.07) is 4.30. The summed E-state index contributed by atoms with van der Waals surface area (Å²) in [5.41, 5.74) is 1.73. The molecule has 0 bridgehead atoms. The van der Waals surface area contributed by atoms with Crippen molar-refractivity contribution in [3.8, 4) is 11.5 Å². The summed E-state index contributed by atoms with van der Waals surface area (Å²) in [4.78, 5) is 17.9. The summed E-state index contributed by atoms with van der Waals surface area (Å²) in [6.07, 6.45) is 0.644. The van der Waals surface area contributed by atoms with Gasteiger partial charge in [-0.05, 0) is 45.0 Å². The molecule has 1 aromatic carbocycles. The maximum Gasteiger partial charge on any atom is 0.263 e. The van der Waals surface area contributed by atoms with Gasteiger partial charge >= 0.3 is 0 Å². The fraction of sp³-hybridized carbons (Fsp3) is 0.429. The van der Waals surface area contributed by atoms with Gasteiger partial charge in [-0.3, -0.25) is 9.69 Å². The second-order valence-electron chi connectivity index (χ2n) is 8.07. The molecule has 4 rings (SSSR count). The highest BCUT2D eigenvalue weighted by Gasteiger charge is 2.28. The molecule has 1 aliphatic heterocycles. The predicted octanol–water partition coefficient (Wildman–Crippen LogP) is 2.85. The average molecular weight is 509 g/mol. The van der Waals surface area contributed by atoms with Gasteiger partial charge < -0.3 is 14.4 Å². The molecule has 3 heterocycles. The minimum absolute atomic E-state index is 0.0855. The molecular weight excluding hydrogens is 484 g/mol. The van der Waals surface area contributed by atoms with E-state index in [-0.39, 0.29) is 15.8 Å². The number of rotatable bonds is 6. The van der Waals surface area contributed by atoms with Crippen LogP contribution in [0.25, 0.3) is 11.5 Å². The first-order valence-corrected chi connectivity index (χ1v) is 12.5. The van der Waals surface area contributed by atoms with Gasteiger partial charge in [-0.2, -0.15) is 9.29 Å². The lowest BCUT2D eigenvalue weighted by atomic mass is 10.2. The molecule has 0 unspecified atom stereocenters. The SMILES string of the molecule is CC(=O)Nc1ccc(S(=O)(=O)N2CCCN(Cc3noc(-c4c(C)noc4C)n3)CC2)cc1Cl. The second kappa shape index (κ2) is 9.82. The molecular formula is C21H25ClN6O5S. The molecule has 2 aromatic heterocycles. The van der Waals surface area contributed by atoms with E-state index in [2.05, 4.69) is 25.5 Å². The monoisotopic (exact) mass is 508 g/mol. The lowest BCUT2D eigenvalue weighted by Gasteiger charge is -2.21. The summed E-state index contributed by atoms with van der Waals surface area (Å²) in [5.74, 6) is 1.18. The van der Waals surface area contributed by atoms with Crippen molar-refractivity contribution in [2.45, 2.75) is 38.6 Å². The van der Waals surface area contributed by atoms with Crippen LogP contribution in [-0.4, -0.2) is 65.0 Å². The summed E-state index contributed by atoms with van der Waals surface area (Å²) >= 11 is 6.18. The zero-order valence-corrected chi connectivity index (χ0v) is 20.6. The van der Waals surface area contributed by atoms with Crippen molar-refractivity contribution in [1.29, 1.82) is 0 Å². The molecule has 1 saturated heterocycles. The van der Waals surface area contributed by atoms with E-state index in [9.17, 15) is 13.2 Å². The van der Waals surface area contributed by atoms with Crippen molar-refractivity contribution >= 4 is 33.2 Å². The molecule has 11 nitrogen and oxygen atoms in total. The smallest absolute Gasteiger partial charge is 0.263 e. The lowest BCUT2D eigenvalue weighted by molar-refractivity contribution is -0.114. The number of hydrogen-bond acceptors (Lipinski definition) is 9. The summed E-state index contributed by atoms with van der Waals surface area (Å²) in [5, 5.41) is 10.7. The fourth-order valence-electron chi connectivity index (χ4n) is 3.85. The van der Waals surface area contributed by atoms with Gasteiger partial charge in [-0.1, -0.05) is 21.9 Å². The number of anilines is 1. The van der Waals surface area contributed by atoms with E-state index in [1.807, 2.05) is 0 Å². The van der Waals surface area contributed by atoms with Crippen molar-refractivity contribution in [3.63, 3.8) is 0 Å². The highest BCUT2D eigenvalue weighted by atomic mass is 35.5. The topological polar surface area (TPSA) is 135 Å². The van der Waals surface area contributed by atoms with Crippen molar-refractivity contribution in [3.05, 3.63) is 40.5 Å². The van der Waals surface area contributed by atoms with Crippen LogP contribution in [0.4, 0.5) is 5.69 Å². The van der Waals surface area contributed by atoms with E-state index in [0.29, 0.717) is 73.6 Å². The molecule has 0 saturated carbocycles. The predicted molar refractivity (Wildman–Crippen MR) is 124 cm³/mol. The van der Waals surface area contributed by atoms with Crippen molar-refractivity contribution in [2.24, 2.45) is 0 Å². The van der Waals surface area contributed by atoms with E-state index in [0.717, 1.165) is 0 Å². The third kappa shape index (κ3) is 5.14. The minimum atomic E-state index is -3.74. The third-order valence-electron chi connectivity index (χ3n) is 5.52. The highest BCUT2D eigenvalue weighted by Crippen LogP contribution is 2.28. The number of amides is 1. The van der Waals surface area contributed by atoms with E-state index in [4.69, 9.17) is 20.6 Å². The maximum atomic E-state index is 13.2. The Bertz CT molecular complexity index is 1290. The van der Waals surface area contributed by atoms with Crippen molar-refractivity contribution in [1.82, 2.24) is 24.5 Å². The molecule has 13 heteroatoms. The number of nitrogens with one attached hydrogen (secondary N) is 1. The molecule has 182 valence electrons. The summed E-state index contributed by atoms with van der Waals surface area (Å²) < 4.78 is 38.4. The van der Waals surface area contributed by atoms with Crippen LogP contribution in [0, 0.1) is 13.8 Å². The standard InChI is InChI=1S/C21H25ClN6O5S/c1-13-20(14(2)32-25-13)21-24-19(26-33-21)12-27-7-4-8-28(10-9-27)34(30,31)16-5-6-18(17(22)11-16)23-15(3)29/h5-6,11H,4,7-10,12H2,1-3H3,(H,23,29). The van der Waals surface area contributed by atoms with Gasteiger partial charge in [0.1, 0.15) is 11.3 Å². The first kappa shape index (κ1) is 24.3. The van der Waals surface area contributed by atoms with Gasteiger partial charge in [0.15, 0.2) is 5.82 Å². The Morgan fingerprint density at radius 1 is 1.15 bits per heavy atom. The number of aryl methyl sites for hydroxylation is 2. The van der Waals surface area contributed by atoms with E-state index >= 15 is 0 Å². The Morgan fingerprint density at radius 3 is 2.62 bits per heavy atom. The van der Waals surface area contributed by atoms with E-state index in [1.165, 1.54) is 29.4 Å². The number of hydrogen-bond donors (Lipinski definition) is 1. The lowest BCUT2D eigenvalue weighted by Crippen LogP contribution is -2.35. The highest BCUT2D eigenvalue weighted by molar-refractivity contribution is 7.89. The van der Waals surface area contributed by atoms with Gasteiger partial charge in [0.25, 0.3) is 5.89 Å². The van der Waals surface area contributed by atoms with Crippen LogP contribution in [0.5, 0.6) is 0 Å². The number of sulfonamides is 1. The van der Waals surface area contributed by atoms with Crippen molar-refractivity contribution < 1.29 is 22.3 Å². The van der Waals surface area contributed by atoms with Crippen LogP contribution < -0.4 is 5.32 Å². The number of carbonyl (C=O) groups is 1. The molecule has 1 amide bonds. The van der Waals surface area contributed by atoms with Crippen LogP contribution in [0.1, 0.15) is 30.6 Å². The van der Waals surface area contributed by atoms with Gasteiger partial charge in [0.2, 0.25) is 15.9 Å². The molecule has 1 N–H and O–H groups in total. The second-order valence-corrected chi connectivity index (χ2v) is 10.4. The first-order valence-electron chi connectivity index (χ1n) is 10.7. The molecule has 0 radical (unpaired) electrons. The Hall–Kier alpha value is -2.80. The van der Waals surface area contributed by atoms with Crippen LogP contribution in [0.2, 0.25) is 5.02 Å². The van der Waals surface area contributed by atoms with E-state index in [1.54, 1.807) is 13.8 Å². The van der Waals surface area contributed by atoms with Gasteiger partial charge in [-0.25, -0.2) is 8.42 Å². The quantitative estimate of drug-likeness (QED) is 0.533. The summed E-state index contributed by atoms with van der Waals surface area (Å²) in [6.45, 7) is 7.25. The summed E-state index contributed by atoms with van der Waals surface area (Å²) in [7, 11) is -3.74. The van der Waals surface area contributed by atoms with Crippen LogP contribution >= 0.6 is 11.6 Å². The normalized spacial score (nSPS) is 15.9. The van der Waals surface area contributed by atoms with Crippen LogP contribution in [0.3, 0.4) is 0 Å². The molecule has 1 aliphatic rings. The maximum absolute atomic E-state index is 13.2.